The number of alkyl halides is 1. The monoisotopic (exact) mass is 307 g/mol. The van der Waals surface area contributed by atoms with E-state index in [1.165, 1.54) is 36.4 Å². The van der Waals surface area contributed by atoms with Crippen molar-refractivity contribution in [1.29, 1.82) is 0 Å². The minimum absolute atomic E-state index is 0.0516. The van der Waals surface area contributed by atoms with Gasteiger partial charge in [-0.3, -0.25) is 14.9 Å². The number of nitro groups is 1. The van der Waals surface area contributed by atoms with E-state index in [-0.39, 0.29) is 11.3 Å². The normalized spacial score (nSPS) is 12.0. The van der Waals surface area contributed by atoms with E-state index in [0.29, 0.717) is 11.1 Å². The maximum absolute atomic E-state index is 12.9. The first kappa shape index (κ1) is 15.1. The van der Waals surface area contributed by atoms with Gasteiger partial charge in [0.15, 0.2) is 5.78 Å². The van der Waals surface area contributed by atoms with Crippen LogP contribution in [-0.2, 0) is 0 Å². The van der Waals surface area contributed by atoms with E-state index >= 15 is 0 Å². The molecule has 2 aromatic carbocycles. The fourth-order valence-corrected chi connectivity index (χ4v) is 2.19. The highest BCUT2D eigenvalue weighted by atomic mass is 35.5. The van der Waals surface area contributed by atoms with Crippen molar-refractivity contribution in [3.8, 4) is 0 Å². The predicted octanol–water partition coefficient (Wildman–Crippen LogP) is 4.21. The molecule has 0 spiro atoms. The molecule has 0 N–H and O–H groups in total. The Labute approximate surface area is 125 Å². The van der Waals surface area contributed by atoms with Crippen molar-refractivity contribution in [3.63, 3.8) is 0 Å². The Morgan fingerprint density at radius 2 is 1.86 bits per heavy atom. The quantitative estimate of drug-likeness (QED) is 0.368. The van der Waals surface area contributed by atoms with E-state index in [9.17, 15) is 19.3 Å². The summed E-state index contributed by atoms with van der Waals surface area (Å²) in [5.41, 5.74) is 0.758. The van der Waals surface area contributed by atoms with Gasteiger partial charge in [0, 0.05) is 6.07 Å². The van der Waals surface area contributed by atoms with Crippen LogP contribution >= 0.6 is 11.6 Å². The second-order valence-corrected chi connectivity index (χ2v) is 4.99. The minimum atomic E-state index is -1.11. The SMILES string of the molecule is Cc1ccc([N+](=O)[O-])c(C(=O)C(Cl)c2ccc(F)cc2)c1. The van der Waals surface area contributed by atoms with Gasteiger partial charge in [0.2, 0.25) is 0 Å². The highest BCUT2D eigenvalue weighted by Gasteiger charge is 2.26. The van der Waals surface area contributed by atoms with Crippen LogP contribution in [0.1, 0.15) is 26.9 Å². The summed E-state index contributed by atoms with van der Waals surface area (Å²) in [5.74, 6) is -1.03. The minimum Gasteiger partial charge on any atom is -0.292 e. The summed E-state index contributed by atoms with van der Waals surface area (Å²) in [6.07, 6.45) is 0. The number of carbonyl (C=O) groups is 1. The molecule has 0 saturated carbocycles. The van der Waals surface area contributed by atoms with Crippen molar-refractivity contribution in [2.24, 2.45) is 0 Å². The topological polar surface area (TPSA) is 60.2 Å². The maximum Gasteiger partial charge on any atom is 0.280 e. The molecule has 0 saturated heterocycles. The summed E-state index contributed by atoms with van der Waals surface area (Å²) < 4.78 is 12.9. The molecular formula is C15H11ClFNO3. The van der Waals surface area contributed by atoms with Crippen molar-refractivity contribution < 1.29 is 14.1 Å². The zero-order valence-corrected chi connectivity index (χ0v) is 11.8. The summed E-state index contributed by atoms with van der Waals surface area (Å²) >= 11 is 6.08. The number of rotatable bonds is 4. The molecule has 0 heterocycles. The molecular weight excluding hydrogens is 297 g/mol. The Morgan fingerprint density at radius 3 is 2.43 bits per heavy atom. The number of benzene rings is 2. The molecule has 2 aromatic rings. The van der Waals surface area contributed by atoms with Gasteiger partial charge in [-0.05, 0) is 36.2 Å². The van der Waals surface area contributed by atoms with Crippen LogP contribution in [0.4, 0.5) is 10.1 Å². The van der Waals surface area contributed by atoms with Gasteiger partial charge in [-0.1, -0.05) is 18.2 Å². The van der Waals surface area contributed by atoms with Gasteiger partial charge < -0.3 is 0 Å². The van der Waals surface area contributed by atoms with Crippen molar-refractivity contribution in [2.75, 3.05) is 0 Å². The first-order valence-corrected chi connectivity index (χ1v) is 6.52. The predicted molar refractivity (Wildman–Crippen MR) is 77.2 cm³/mol. The van der Waals surface area contributed by atoms with E-state index in [4.69, 9.17) is 11.6 Å². The van der Waals surface area contributed by atoms with Crippen LogP contribution < -0.4 is 0 Å². The highest BCUT2D eigenvalue weighted by molar-refractivity contribution is 6.34. The van der Waals surface area contributed by atoms with Crippen molar-refractivity contribution in [3.05, 3.63) is 75.1 Å². The molecule has 108 valence electrons. The fraction of sp³-hybridized carbons (Fsp3) is 0.133. The smallest absolute Gasteiger partial charge is 0.280 e. The van der Waals surface area contributed by atoms with Crippen LogP contribution in [0.15, 0.2) is 42.5 Å². The molecule has 0 aliphatic carbocycles. The molecule has 4 nitrogen and oxygen atoms in total. The van der Waals surface area contributed by atoms with Crippen molar-refractivity contribution in [1.82, 2.24) is 0 Å². The van der Waals surface area contributed by atoms with Gasteiger partial charge in [-0.25, -0.2) is 4.39 Å². The molecule has 0 fully saturated rings. The van der Waals surface area contributed by atoms with Crippen LogP contribution in [0.2, 0.25) is 0 Å². The van der Waals surface area contributed by atoms with Crippen molar-refractivity contribution in [2.45, 2.75) is 12.3 Å². The van der Waals surface area contributed by atoms with E-state index in [1.807, 2.05) is 0 Å². The maximum atomic E-state index is 12.9. The molecule has 0 radical (unpaired) electrons. The zero-order chi connectivity index (χ0) is 15.6. The third-order valence-electron chi connectivity index (χ3n) is 3.01. The average Bonchev–Trinajstić information content (AvgIpc) is 2.46. The van der Waals surface area contributed by atoms with Crippen LogP contribution in [-0.4, -0.2) is 10.7 Å². The number of carbonyl (C=O) groups excluding carboxylic acids is 1. The van der Waals surface area contributed by atoms with Gasteiger partial charge >= 0.3 is 0 Å². The number of aryl methyl sites for hydroxylation is 1. The average molecular weight is 308 g/mol. The lowest BCUT2D eigenvalue weighted by molar-refractivity contribution is -0.385. The first-order chi connectivity index (χ1) is 9.90. The fourth-order valence-electron chi connectivity index (χ4n) is 1.93. The highest BCUT2D eigenvalue weighted by Crippen LogP contribution is 2.30. The largest absolute Gasteiger partial charge is 0.292 e. The molecule has 0 amide bonds. The van der Waals surface area contributed by atoms with Gasteiger partial charge in [0.1, 0.15) is 11.2 Å². The summed E-state index contributed by atoms with van der Waals surface area (Å²) in [4.78, 5) is 22.8. The summed E-state index contributed by atoms with van der Waals surface area (Å²) in [5, 5.41) is 9.90. The Hall–Kier alpha value is -2.27. The lowest BCUT2D eigenvalue weighted by Crippen LogP contribution is -2.10. The summed E-state index contributed by atoms with van der Waals surface area (Å²) in [6, 6.07) is 9.39. The Kier molecular flexibility index (Phi) is 4.33. The number of ketones is 1. The molecule has 1 atom stereocenters. The van der Waals surface area contributed by atoms with Crippen molar-refractivity contribution >= 4 is 23.1 Å². The number of hydrogen-bond acceptors (Lipinski definition) is 3. The van der Waals surface area contributed by atoms with E-state index < -0.39 is 21.9 Å². The van der Waals surface area contributed by atoms with Gasteiger partial charge in [-0.15, -0.1) is 11.6 Å². The molecule has 6 heteroatoms. The van der Waals surface area contributed by atoms with Crippen LogP contribution in [0, 0.1) is 22.9 Å². The standard InChI is InChI=1S/C15H11ClFNO3/c1-9-2-7-13(18(20)21)12(8-9)15(19)14(16)10-3-5-11(17)6-4-10/h2-8,14H,1H3. The Morgan fingerprint density at radius 1 is 1.24 bits per heavy atom. The van der Waals surface area contributed by atoms with Gasteiger partial charge in [0.25, 0.3) is 5.69 Å². The third-order valence-corrected chi connectivity index (χ3v) is 3.46. The summed E-state index contributed by atoms with van der Waals surface area (Å²) in [7, 11) is 0. The number of nitrogens with zero attached hydrogens (tertiary/aromatic N) is 1. The van der Waals surface area contributed by atoms with E-state index in [1.54, 1.807) is 13.0 Å². The molecule has 2 rings (SSSR count). The van der Waals surface area contributed by atoms with Crippen LogP contribution in [0.3, 0.4) is 0 Å². The summed E-state index contributed by atoms with van der Waals surface area (Å²) in [6.45, 7) is 1.72. The second kappa shape index (κ2) is 6.01. The zero-order valence-electron chi connectivity index (χ0n) is 11.0. The number of nitro benzene ring substituents is 1. The first-order valence-electron chi connectivity index (χ1n) is 6.09. The van der Waals surface area contributed by atoms with Gasteiger partial charge in [-0.2, -0.15) is 0 Å². The second-order valence-electron chi connectivity index (χ2n) is 4.56. The Bertz CT molecular complexity index is 701. The Balaban J connectivity index is 2.41. The lowest BCUT2D eigenvalue weighted by atomic mass is 9.99. The third kappa shape index (κ3) is 3.25. The molecule has 1 unspecified atom stereocenters. The van der Waals surface area contributed by atoms with Crippen LogP contribution in [0.5, 0.6) is 0 Å². The molecule has 0 bridgehead atoms. The number of Topliss-reactive ketones (excluding diaryl/α,β-unsaturated/α-hetero) is 1. The number of hydrogen-bond donors (Lipinski definition) is 0. The molecule has 21 heavy (non-hydrogen) atoms. The van der Waals surface area contributed by atoms with E-state index in [2.05, 4.69) is 0 Å². The van der Waals surface area contributed by atoms with Crippen LogP contribution in [0.25, 0.3) is 0 Å². The molecule has 0 aliphatic rings. The number of halogens is 2. The van der Waals surface area contributed by atoms with E-state index in [0.717, 1.165) is 0 Å². The molecule has 0 aromatic heterocycles. The van der Waals surface area contributed by atoms with Gasteiger partial charge in [0.05, 0.1) is 10.5 Å². The lowest BCUT2D eigenvalue weighted by Gasteiger charge is -2.10. The molecule has 0 aliphatic heterocycles.